The fourth-order valence-electron chi connectivity index (χ4n) is 2.61. The number of carbonyl (C=O) groups excluding carboxylic acids is 1. The van der Waals surface area contributed by atoms with Gasteiger partial charge in [0.2, 0.25) is 6.41 Å². The van der Waals surface area contributed by atoms with Crippen LogP contribution in [0.2, 0.25) is 0 Å². The van der Waals surface area contributed by atoms with E-state index in [1.165, 1.54) is 19.3 Å². The summed E-state index contributed by atoms with van der Waals surface area (Å²) in [5, 5.41) is 3.15. The van der Waals surface area contributed by atoms with Gasteiger partial charge in [0, 0.05) is 13.1 Å². The van der Waals surface area contributed by atoms with Crippen molar-refractivity contribution in [2.75, 3.05) is 17.3 Å². The molecule has 0 aromatic heterocycles. The number of nitrogens with zero attached hydrogens (tertiary/aromatic N) is 1. The average molecular weight is 232 g/mol. The molecule has 0 radical (unpaired) electrons. The molecule has 0 bridgehead atoms. The normalized spacial score (nSPS) is 16.5. The summed E-state index contributed by atoms with van der Waals surface area (Å²) in [7, 11) is 1.89. The summed E-state index contributed by atoms with van der Waals surface area (Å²) >= 11 is 0. The van der Waals surface area contributed by atoms with E-state index < -0.39 is 0 Å². The zero-order valence-corrected chi connectivity index (χ0v) is 10.4. The number of hydrogen-bond donors (Lipinski definition) is 1. The molecule has 1 aliphatic carbocycles. The van der Waals surface area contributed by atoms with Crippen molar-refractivity contribution in [1.29, 1.82) is 0 Å². The molecule has 1 fully saturated rings. The molecule has 0 heterocycles. The van der Waals surface area contributed by atoms with Crippen molar-refractivity contribution in [2.45, 2.75) is 38.1 Å². The van der Waals surface area contributed by atoms with Crippen molar-refractivity contribution in [3.8, 4) is 0 Å². The standard InChI is InChI=1S/C14H20N2O/c1-15-13-9-5-6-10-14(13)16(11-17)12-7-3-2-4-8-12/h5-6,9-12,15H,2-4,7-8H2,1H3. The van der Waals surface area contributed by atoms with Crippen LogP contribution >= 0.6 is 0 Å². The maximum absolute atomic E-state index is 11.4. The molecule has 0 atom stereocenters. The molecular formula is C14H20N2O. The van der Waals surface area contributed by atoms with E-state index in [-0.39, 0.29) is 0 Å². The minimum atomic E-state index is 0.371. The predicted molar refractivity (Wildman–Crippen MR) is 71.4 cm³/mol. The maximum atomic E-state index is 11.4. The van der Waals surface area contributed by atoms with E-state index in [1.54, 1.807) is 0 Å². The molecule has 1 aliphatic rings. The highest BCUT2D eigenvalue weighted by Gasteiger charge is 2.22. The van der Waals surface area contributed by atoms with Crippen molar-refractivity contribution in [1.82, 2.24) is 0 Å². The van der Waals surface area contributed by atoms with Crippen molar-refractivity contribution < 1.29 is 4.79 Å². The lowest BCUT2D eigenvalue weighted by Crippen LogP contribution is -2.36. The van der Waals surface area contributed by atoms with Gasteiger partial charge < -0.3 is 10.2 Å². The highest BCUT2D eigenvalue weighted by atomic mass is 16.1. The van der Waals surface area contributed by atoms with E-state index in [9.17, 15) is 4.79 Å². The lowest BCUT2D eigenvalue weighted by molar-refractivity contribution is -0.108. The van der Waals surface area contributed by atoms with E-state index in [4.69, 9.17) is 0 Å². The lowest BCUT2D eigenvalue weighted by Gasteiger charge is -2.32. The Morgan fingerprint density at radius 1 is 1.24 bits per heavy atom. The Morgan fingerprint density at radius 2 is 1.94 bits per heavy atom. The number of rotatable bonds is 4. The van der Waals surface area contributed by atoms with Crippen LogP contribution in [-0.2, 0) is 4.79 Å². The molecule has 1 N–H and O–H groups in total. The zero-order valence-electron chi connectivity index (χ0n) is 10.4. The van der Waals surface area contributed by atoms with Crippen LogP contribution in [-0.4, -0.2) is 19.5 Å². The molecule has 1 amide bonds. The Kier molecular flexibility index (Phi) is 4.02. The van der Waals surface area contributed by atoms with E-state index in [0.29, 0.717) is 6.04 Å². The first-order valence-corrected chi connectivity index (χ1v) is 6.37. The second-order valence-corrected chi connectivity index (χ2v) is 4.57. The van der Waals surface area contributed by atoms with E-state index in [2.05, 4.69) is 5.32 Å². The van der Waals surface area contributed by atoms with Crippen molar-refractivity contribution in [3.05, 3.63) is 24.3 Å². The van der Waals surface area contributed by atoms with E-state index >= 15 is 0 Å². The van der Waals surface area contributed by atoms with Crippen molar-refractivity contribution >= 4 is 17.8 Å². The van der Waals surface area contributed by atoms with Crippen LogP contribution in [0.25, 0.3) is 0 Å². The van der Waals surface area contributed by atoms with Crippen LogP contribution in [0.1, 0.15) is 32.1 Å². The highest BCUT2D eigenvalue weighted by molar-refractivity contribution is 5.84. The molecule has 17 heavy (non-hydrogen) atoms. The molecule has 0 spiro atoms. The van der Waals surface area contributed by atoms with Gasteiger partial charge in [-0.2, -0.15) is 0 Å². The van der Waals surface area contributed by atoms with Gasteiger partial charge in [0.1, 0.15) is 0 Å². The minimum Gasteiger partial charge on any atom is -0.386 e. The Labute approximate surface area is 103 Å². The van der Waals surface area contributed by atoms with Crippen LogP contribution in [0.3, 0.4) is 0 Å². The van der Waals surface area contributed by atoms with E-state index in [0.717, 1.165) is 30.6 Å². The lowest BCUT2D eigenvalue weighted by atomic mass is 9.94. The number of anilines is 2. The number of benzene rings is 1. The Morgan fingerprint density at radius 3 is 2.59 bits per heavy atom. The SMILES string of the molecule is CNc1ccccc1N(C=O)C1CCCCC1. The summed E-state index contributed by atoms with van der Waals surface area (Å²) < 4.78 is 0. The third-order valence-corrected chi connectivity index (χ3v) is 3.53. The van der Waals surface area contributed by atoms with Crippen molar-refractivity contribution in [2.24, 2.45) is 0 Å². The molecule has 0 saturated heterocycles. The molecule has 2 rings (SSSR count). The quantitative estimate of drug-likeness (QED) is 0.809. The minimum absolute atomic E-state index is 0.371. The smallest absolute Gasteiger partial charge is 0.214 e. The van der Waals surface area contributed by atoms with Crippen LogP contribution in [0.15, 0.2) is 24.3 Å². The first-order chi connectivity index (χ1) is 8.36. The molecule has 0 unspecified atom stereocenters. The van der Waals surface area contributed by atoms with Gasteiger partial charge in [-0.15, -0.1) is 0 Å². The largest absolute Gasteiger partial charge is 0.386 e. The predicted octanol–water partition coefficient (Wildman–Crippen LogP) is 3.02. The third kappa shape index (κ3) is 2.60. The first kappa shape index (κ1) is 12.0. The van der Waals surface area contributed by atoms with Gasteiger partial charge in [0.05, 0.1) is 11.4 Å². The summed E-state index contributed by atoms with van der Waals surface area (Å²) in [6.07, 6.45) is 6.99. The Bertz CT molecular complexity index is 372. The van der Waals surface area contributed by atoms with E-state index in [1.807, 2.05) is 36.2 Å². The Hall–Kier alpha value is -1.51. The van der Waals surface area contributed by atoms with Gasteiger partial charge in [-0.05, 0) is 25.0 Å². The molecule has 92 valence electrons. The first-order valence-electron chi connectivity index (χ1n) is 6.37. The van der Waals surface area contributed by atoms with Crippen LogP contribution in [0.4, 0.5) is 11.4 Å². The second-order valence-electron chi connectivity index (χ2n) is 4.57. The fourth-order valence-corrected chi connectivity index (χ4v) is 2.61. The monoisotopic (exact) mass is 232 g/mol. The molecule has 1 aromatic rings. The maximum Gasteiger partial charge on any atom is 0.214 e. The molecule has 3 heteroatoms. The summed E-state index contributed by atoms with van der Waals surface area (Å²) in [6, 6.07) is 8.36. The van der Waals surface area contributed by atoms with Crippen molar-refractivity contribution in [3.63, 3.8) is 0 Å². The van der Waals surface area contributed by atoms with Crippen LogP contribution < -0.4 is 10.2 Å². The summed E-state index contributed by atoms with van der Waals surface area (Å²) in [5.41, 5.74) is 2.02. The van der Waals surface area contributed by atoms with Gasteiger partial charge in [0.15, 0.2) is 0 Å². The van der Waals surface area contributed by atoms with Crippen LogP contribution in [0, 0.1) is 0 Å². The van der Waals surface area contributed by atoms with Gasteiger partial charge >= 0.3 is 0 Å². The fraction of sp³-hybridized carbons (Fsp3) is 0.500. The summed E-state index contributed by atoms with van der Waals surface area (Å²) in [5.74, 6) is 0. The zero-order chi connectivity index (χ0) is 12.1. The van der Waals surface area contributed by atoms with Gasteiger partial charge in [0.25, 0.3) is 0 Å². The average Bonchev–Trinajstić information content (AvgIpc) is 2.41. The third-order valence-electron chi connectivity index (χ3n) is 3.53. The van der Waals surface area contributed by atoms with Gasteiger partial charge in [-0.25, -0.2) is 0 Å². The highest BCUT2D eigenvalue weighted by Crippen LogP contribution is 2.30. The van der Waals surface area contributed by atoms with Gasteiger partial charge in [-0.3, -0.25) is 4.79 Å². The molecule has 1 saturated carbocycles. The van der Waals surface area contributed by atoms with Gasteiger partial charge in [-0.1, -0.05) is 31.4 Å². The summed E-state index contributed by atoms with van der Waals surface area (Å²) in [4.78, 5) is 13.3. The topological polar surface area (TPSA) is 32.3 Å². The second kappa shape index (κ2) is 5.71. The molecule has 1 aromatic carbocycles. The molecular weight excluding hydrogens is 212 g/mol. The summed E-state index contributed by atoms with van der Waals surface area (Å²) in [6.45, 7) is 0. The van der Waals surface area contributed by atoms with Crippen LogP contribution in [0.5, 0.6) is 0 Å². The Balaban J connectivity index is 2.24. The number of hydrogen-bond acceptors (Lipinski definition) is 2. The number of amides is 1. The number of para-hydroxylation sites is 2. The molecule has 3 nitrogen and oxygen atoms in total. The number of nitrogens with one attached hydrogen (secondary N) is 1. The molecule has 0 aliphatic heterocycles. The number of carbonyl (C=O) groups is 1.